The van der Waals surface area contributed by atoms with E-state index < -0.39 is 0 Å². The van der Waals surface area contributed by atoms with Gasteiger partial charge in [0.15, 0.2) is 0 Å². The predicted octanol–water partition coefficient (Wildman–Crippen LogP) is 2.53. The van der Waals surface area contributed by atoms with Crippen molar-refractivity contribution in [3.05, 3.63) is 42.0 Å². The van der Waals surface area contributed by atoms with Gasteiger partial charge < -0.3 is 14.8 Å². The van der Waals surface area contributed by atoms with Crippen LogP contribution in [-0.2, 0) is 9.53 Å². The van der Waals surface area contributed by atoms with Crippen molar-refractivity contribution in [3.63, 3.8) is 0 Å². The predicted molar refractivity (Wildman–Crippen MR) is 84.1 cm³/mol. The molecule has 5 heteroatoms. The van der Waals surface area contributed by atoms with E-state index in [4.69, 9.17) is 4.74 Å². The normalized spacial score (nSPS) is 10.3. The van der Waals surface area contributed by atoms with E-state index in [0.717, 1.165) is 16.5 Å². The van der Waals surface area contributed by atoms with Crippen LogP contribution in [0.5, 0.6) is 5.75 Å². The topological polar surface area (TPSA) is 64.6 Å². The Hall–Kier alpha value is -2.56. The van der Waals surface area contributed by atoms with Gasteiger partial charge in [-0.05, 0) is 41.5 Å². The molecule has 0 saturated carbocycles. The monoisotopic (exact) mass is 301 g/mol. The van der Waals surface area contributed by atoms with E-state index in [1.165, 1.54) is 7.11 Å². The lowest BCUT2D eigenvalue weighted by Gasteiger charge is -2.07. The summed E-state index contributed by atoms with van der Waals surface area (Å²) < 4.78 is 9.72. The van der Waals surface area contributed by atoms with Gasteiger partial charge in [-0.3, -0.25) is 9.59 Å². The number of benzene rings is 2. The van der Waals surface area contributed by atoms with Gasteiger partial charge in [0.25, 0.3) is 5.91 Å². The Morgan fingerprint density at radius 3 is 2.50 bits per heavy atom. The Bertz CT molecular complexity index is 681. The summed E-state index contributed by atoms with van der Waals surface area (Å²) in [6.45, 7) is 0.439. The lowest BCUT2D eigenvalue weighted by Crippen LogP contribution is -2.24. The number of hydrogen-bond donors (Lipinski definition) is 1. The number of methoxy groups -OCH3 is 2. The molecule has 0 spiro atoms. The lowest BCUT2D eigenvalue weighted by molar-refractivity contribution is -0.140. The van der Waals surface area contributed by atoms with Gasteiger partial charge in [0.05, 0.1) is 14.2 Å². The standard InChI is InChI=1S/C17H19NO4/c1-21-15-8-7-12-10-14(6-5-13(12)11-15)17(20)18-9-3-4-16(19)22-2/h5-8,10-11H,3-4,9H2,1-2H3,(H,18,20). The Morgan fingerprint density at radius 2 is 1.77 bits per heavy atom. The van der Waals surface area contributed by atoms with Gasteiger partial charge in [0, 0.05) is 18.5 Å². The second-order valence-corrected chi connectivity index (χ2v) is 4.86. The zero-order valence-corrected chi connectivity index (χ0v) is 12.7. The summed E-state index contributed by atoms with van der Waals surface area (Å²) in [5, 5.41) is 4.78. The fraction of sp³-hybridized carbons (Fsp3) is 0.294. The molecule has 0 saturated heterocycles. The van der Waals surface area contributed by atoms with Crippen LogP contribution in [0.15, 0.2) is 36.4 Å². The molecule has 0 aliphatic heterocycles. The number of hydrogen-bond acceptors (Lipinski definition) is 4. The van der Waals surface area contributed by atoms with Crippen LogP contribution >= 0.6 is 0 Å². The Balaban J connectivity index is 1.98. The van der Waals surface area contributed by atoms with Crippen LogP contribution in [0.25, 0.3) is 10.8 Å². The van der Waals surface area contributed by atoms with E-state index in [9.17, 15) is 9.59 Å². The summed E-state index contributed by atoms with van der Waals surface area (Å²) in [7, 11) is 2.97. The van der Waals surface area contributed by atoms with Crippen molar-refractivity contribution in [2.24, 2.45) is 0 Å². The average molecular weight is 301 g/mol. The molecule has 2 aromatic rings. The molecule has 2 aromatic carbocycles. The summed E-state index contributed by atoms with van der Waals surface area (Å²) >= 11 is 0. The van der Waals surface area contributed by atoms with E-state index in [2.05, 4.69) is 10.1 Å². The first-order valence-electron chi connectivity index (χ1n) is 7.07. The summed E-state index contributed by atoms with van der Waals surface area (Å²) in [5.41, 5.74) is 0.593. The van der Waals surface area contributed by atoms with E-state index in [1.54, 1.807) is 13.2 Å². The number of rotatable bonds is 6. The van der Waals surface area contributed by atoms with Gasteiger partial charge in [-0.15, -0.1) is 0 Å². The molecule has 22 heavy (non-hydrogen) atoms. The van der Waals surface area contributed by atoms with Crippen LogP contribution in [0.3, 0.4) is 0 Å². The van der Waals surface area contributed by atoms with Crippen molar-refractivity contribution in [1.29, 1.82) is 0 Å². The summed E-state index contributed by atoms with van der Waals surface area (Å²) in [6.07, 6.45) is 0.859. The molecule has 2 rings (SSSR count). The Kier molecular flexibility index (Phi) is 5.36. The molecule has 1 amide bonds. The van der Waals surface area contributed by atoms with Crippen molar-refractivity contribution < 1.29 is 19.1 Å². The molecule has 0 unspecified atom stereocenters. The maximum atomic E-state index is 12.1. The molecule has 0 aliphatic carbocycles. The number of ether oxygens (including phenoxy) is 2. The highest BCUT2D eigenvalue weighted by molar-refractivity contribution is 5.98. The molecule has 0 aromatic heterocycles. The van der Waals surface area contributed by atoms with Crippen LogP contribution in [-0.4, -0.2) is 32.6 Å². The zero-order chi connectivity index (χ0) is 15.9. The summed E-state index contributed by atoms with van der Waals surface area (Å²) in [6, 6.07) is 11.2. The van der Waals surface area contributed by atoms with Gasteiger partial charge in [-0.1, -0.05) is 12.1 Å². The molecule has 1 N–H and O–H groups in total. The van der Waals surface area contributed by atoms with Crippen molar-refractivity contribution in [3.8, 4) is 5.75 Å². The molecular weight excluding hydrogens is 282 g/mol. The van der Waals surface area contributed by atoms with Gasteiger partial charge in [-0.25, -0.2) is 0 Å². The highest BCUT2D eigenvalue weighted by Gasteiger charge is 2.07. The molecule has 5 nitrogen and oxygen atoms in total. The first kappa shape index (κ1) is 15.8. The molecule has 0 atom stereocenters. The minimum atomic E-state index is -0.270. The summed E-state index contributed by atoms with van der Waals surface area (Å²) in [5.74, 6) is 0.365. The second-order valence-electron chi connectivity index (χ2n) is 4.86. The van der Waals surface area contributed by atoms with E-state index in [0.29, 0.717) is 24.9 Å². The number of fused-ring (bicyclic) bond motifs is 1. The number of amides is 1. The van der Waals surface area contributed by atoms with Crippen LogP contribution in [0.2, 0.25) is 0 Å². The molecule has 0 radical (unpaired) electrons. The van der Waals surface area contributed by atoms with E-state index in [1.807, 2.05) is 30.3 Å². The molecular formula is C17H19NO4. The molecule has 0 heterocycles. The van der Waals surface area contributed by atoms with Crippen molar-refractivity contribution in [2.75, 3.05) is 20.8 Å². The Labute approximate surface area is 129 Å². The van der Waals surface area contributed by atoms with Crippen molar-refractivity contribution >= 4 is 22.6 Å². The fourth-order valence-electron chi connectivity index (χ4n) is 2.13. The molecule has 0 aliphatic rings. The Morgan fingerprint density at radius 1 is 1.05 bits per heavy atom. The third kappa shape index (κ3) is 3.97. The summed E-state index contributed by atoms with van der Waals surface area (Å²) in [4.78, 5) is 23.1. The second kappa shape index (κ2) is 7.45. The number of esters is 1. The van der Waals surface area contributed by atoms with Gasteiger partial charge in [0.2, 0.25) is 0 Å². The van der Waals surface area contributed by atoms with Gasteiger partial charge in [-0.2, -0.15) is 0 Å². The molecule has 0 bridgehead atoms. The molecule has 0 fully saturated rings. The third-order valence-electron chi connectivity index (χ3n) is 3.38. The third-order valence-corrected chi connectivity index (χ3v) is 3.38. The van der Waals surface area contributed by atoms with Crippen LogP contribution in [0.4, 0.5) is 0 Å². The van der Waals surface area contributed by atoms with Crippen LogP contribution in [0.1, 0.15) is 23.2 Å². The largest absolute Gasteiger partial charge is 0.497 e. The fourth-order valence-corrected chi connectivity index (χ4v) is 2.13. The first-order chi connectivity index (χ1) is 10.6. The number of nitrogens with one attached hydrogen (secondary N) is 1. The maximum absolute atomic E-state index is 12.1. The van der Waals surface area contributed by atoms with Crippen molar-refractivity contribution in [2.45, 2.75) is 12.8 Å². The maximum Gasteiger partial charge on any atom is 0.305 e. The van der Waals surface area contributed by atoms with Gasteiger partial charge in [0.1, 0.15) is 5.75 Å². The van der Waals surface area contributed by atoms with E-state index in [-0.39, 0.29) is 11.9 Å². The van der Waals surface area contributed by atoms with Crippen LogP contribution < -0.4 is 10.1 Å². The highest BCUT2D eigenvalue weighted by Crippen LogP contribution is 2.21. The molecule has 116 valence electrons. The first-order valence-corrected chi connectivity index (χ1v) is 7.07. The van der Waals surface area contributed by atoms with Crippen molar-refractivity contribution in [1.82, 2.24) is 5.32 Å². The highest BCUT2D eigenvalue weighted by atomic mass is 16.5. The number of carbonyl (C=O) groups is 2. The average Bonchev–Trinajstić information content (AvgIpc) is 2.57. The smallest absolute Gasteiger partial charge is 0.305 e. The lowest BCUT2D eigenvalue weighted by atomic mass is 10.1. The zero-order valence-electron chi connectivity index (χ0n) is 12.7. The number of carbonyl (C=O) groups excluding carboxylic acids is 2. The van der Waals surface area contributed by atoms with Gasteiger partial charge >= 0.3 is 5.97 Å². The quantitative estimate of drug-likeness (QED) is 0.658. The van der Waals surface area contributed by atoms with E-state index >= 15 is 0 Å². The SMILES string of the molecule is COC(=O)CCCNC(=O)c1ccc2cc(OC)ccc2c1. The minimum Gasteiger partial charge on any atom is -0.497 e. The minimum absolute atomic E-state index is 0.150. The van der Waals surface area contributed by atoms with Crippen LogP contribution in [0, 0.1) is 0 Å².